The van der Waals surface area contributed by atoms with E-state index >= 15 is 0 Å². The van der Waals surface area contributed by atoms with Crippen LogP contribution in [0.25, 0.3) is 0 Å². The summed E-state index contributed by atoms with van der Waals surface area (Å²) in [4.78, 5) is 18.0. The Kier molecular flexibility index (Phi) is 4.97. The Balaban J connectivity index is 1.51. The van der Waals surface area contributed by atoms with E-state index in [1.54, 1.807) is 11.8 Å². The molecule has 1 N–H and O–H groups in total. The third-order valence-corrected chi connectivity index (χ3v) is 6.79. The number of nitrogens with one attached hydrogen (secondary N) is 1. The maximum Gasteiger partial charge on any atom is 0.227 e. The molecule has 5 rings (SSSR count). The van der Waals surface area contributed by atoms with E-state index in [1.165, 1.54) is 11.1 Å². The number of hydrogen-bond acceptors (Lipinski definition) is 5. The molecule has 0 unspecified atom stereocenters. The van der Waals surface area contributed by atoms with Gasteiger partial charge in [-0.05, 0) is 29.9 Å². The molecule has 31 heavy (non-hydrogen) atoms. The van der Waals surface area contributed by atoms with E-state index in [1.807, 2.05) is 22.9 Å². The highest BCUT2D eigenvalue weighted by atomic mass is 32.2. The van der Waals surface area contributed by atoms with E-state index in [2.05, 4.69) is 62.5 Å². The highest BCUT2D eigenvalue weighted by molar-refractivity contribution is 7.98. The number of nitrogens with zero attached hydrogens (tertiary/aromatic N) is 3. The summed E-state index contributed by atoms with van der Waals surface area (Å²) in [6, 6.07) is 18.4. The van der Waals surface area contributed by atoms with E-state index in [-0.39, 0.29) is 17.2 Å². The number of carbonyl (C=O) groups is 1. The van der Waals surface area contributed by atoms with Crippen molar-refractivity contribution in [2.45, 2.75) is 50.6 Å². The first-order valence-electron chi connectivity index (χ1n) is 10.6. The third kappa shape index (κ3) is 3.92. The highest BCUT2D eigenvalue weighted by Gasteiger charge is 2.41. The van der Waals surface area contributed by atoms with Gasteiger partial charge < -0.3 is 5.32 Å². The Morgan fingerprint density at radius 1 is 1.13 bits per heavy atom. The fourth-order valence-corrected chi connectivity index (χ4v) is 5.32. The fourth-order valence-electron chi connectivity index (χ4n) is 4.54. The van der Waals surface area contributed by atoms with Crippen molar-refractivity contribution in [3.8, 4) is 0 Å². The second-order valence-corrected chi connectivity index (χ2v) is 10.2. The highest BCUT2D eigenvalue weighted by Crippen LogP contribution is 2.45. The number of thioether (sulfide) groups is 1. The van der Waals surface area contributed by atoms with E-state index in [4.69, 9.17) is 10.1 Å². The first-order valence-corrected chi connectivity index (χ1v) is 11.6. The number of carbonyl (C=O) groups excluding carboxylic acids is 1. The molecule has 0 saturated carbocycles. The van der Waals surface area contributed by atoms with Gasteiger partial charge in [-0.15, -0.1) is 5.10 Å². The van der Waals surface area contributed by atoms with Gasteiger partial charge in [-0.1, -0.05) is 85.8 Å². The largest absolute Gasteiger partial charge is 0.328 e. The van der Waals surface area contributed by atoms with E-state index in [0.29, 0.717) is 12.4 Å². The van der Waals surface area contributed by atoms with Gasteiger partial charge in [-0.25, -0.2) is 4.68 Å². The van der Waals surface area contributed by atoms with Gasteiger partial charge >= 0.3 is 0 Å². The Morgan fingerprint density at radius 3 is 2.71 bits per heavy atom. The van der Waals surface area contributed by atoms with Gasteiger partial charge in [0, 0.05) is 23.4 Å². The predicted octanol–water partition coefficient (Wildman–Crippen LogP) is 5.54. The van der Waals surface area contributed by atoms with Gasteiger partial charge in [0.2, 0.25) is 11.1 Å². The molecule has 0 saturated heterocycles. The molecule has 2 heterocycles. The van der Waals surface area contributed by atoms with Gasteiger partial charge in [-0.2, -0.15) is 4.98 Å². The van der Waals surface area contributed by atoms with E-state index in [0.717, 1.165) is 34.2 Å². The van der Waals surface area contributed by atoms with Crippen molar-refractivity contribution >= 4 is 23.5 Å². The zero-order valence-electron chi connectivity index (χ0n) is 18.1. The van der Waals surface area contributed by atoms with Gasteiger partial charge in [0.25, 0.3) is 0 Å². The van der Waals surface area contributed by atoms with Crippen molar-refractivity contribution in [1.29, 1.82) is 0 Å². The lowest BCUT2D eigenvalue weighted by atomic mass is 9.73. The molecular formula is C25H26N4OS. The van der Waals surface area contributed by atoms with Crippen LogP contribution in [0.5, 0.6) is 0 Å². The van der Waals surface area contributed by atoms with Crippen LogP contribution in [0.15, 0.2) is 71.0 Å². The number of ketones is 1. The van der Waals surface area contributed by atoms with Crippen LogP contribution in [-0.4, -0.2) is 20.5 Å². The number of Topliss-reactive ketones (excluding diaryl/α,β-unsaturated/α-hetero) is 1. The fraction of sp³-hybridized carbons (Fsp3) is 0.320. The number of aryl methyl sites for hydroxylation is 1. The Bertz CT molecular complexity index is 1180. The standard InChI is InChI=1S/C25H26N4OS/c1-16-8-7-9-17(12-16)15-31-24-27-23-26-19-13-25(2,3)14-20(30)21(19)22(29(23)28-24)18-10-5-4-6-11-18/h4-12,22H,13-15H2,1-3H3,(H,26,27,28)/t22-/m0/s1. The lowest BCUT2D eigenvalue weighted by Crippen LogP contribution is -2.36. The quantitative estimate of drug-likeness (QED) is 0.551. The van der Waals surface area contributed by atoms with Crippen LogP contribution in [0, 0.1) is 12.3 Å². The van der Waals surface area contributed by atoms with E-state index in [9.17, 15) is 4.79 Å². The third-order valence-electron chi connectivity index (χ3n) is 5.88. The Morgan fingerprint density at radius 2 is 1.94 bits per heavy atom. The number of aromatic nitrogens is 3. The van der Waals surface area contributed by atoms with Crippen LogP contribution in [0.1, 0.15) is 49.4 Å². The lowest BCUT2D eigenvalue weighted by molar-refractivity contribution is -0.118. The molecule has 158 valence electrons. The molecule has 1 atom stereocenters. The van der Waals surface area contributed by atoms with Gasteiger partial charge in [0.1, 0.15) is 6.04 Å². The van der Waals surface area contributed by atoms with Crippen LogP contribution in [0.4, 0.5) is 5.95 Å². The lowest BCUT2D eigenvalue weighted by Gasteiger charge is -2.38. The number of rotatable bonds is 4. The van der Waals surface area contributed by atoms with E-state index < -0.39 is 0 Å². The zero-order valence-corrected chi connectivity index (χ0v) is 18.9. The molecule has 6 heteroatoms. The Labute approximate surface area is 187 Å². The van der Waals surface area contributed by atoms with Crippen molar-refractivity contribution < 1.29 is 4.79 Å². The smallest absolute Gasteiger partial charge is 0.227 e. The second-order valence-electron chi connectivity index (χ2n) is 9.21. The SMILES string of the molecule is Cc1cccc(CSc2nc3n(n2)[C@@H](c2ccccc2)C2=C(CC(C)(C)CC2=O)N3)c1. The summed E-state index contributed by atoms with van der Waals surface area (Å²) in [7, 11) is 0. The summed E-state index contributed by atoms with van der Waals surface area (Å²) in [5.41, 5.74) is 5.32. The van der Waals surface area contributed by atoms with Crippen molar-refractivity contribution in [3.63, 3.8) is 0 Å². The predicted molar refractivity (Wildman–Crippen MR) is 124 cm³/mol. The molecule has 0 bridgehead atoms. The topological polar surface area (TPSA) is 59.8 Å². The maximum absolute atomic E-state index is 13.2. The van der Waals surface area contributed by atoms with Crippen LogP contribution in [-0.2, 0) is 10.5 Å². The monoisotopic (exact) mass is 430 g/mol. The summed E-state index contributed by atoms with van der Waals surface area (Å²) in [6.07, 6.45) is 1.38. The van der Waals surface area contributed by atoms with Crippen molar-refractivity contribution in [2.75, 3.05) is 5.32 Å². The summed E-state index contributed by atoms with van der Waals surface area (Å²) >= 11 is 1.62. The summed E-state index contributed by atoms with van der Waals surface area (Å²) in [5.74, 6) is 1.72. The molecule has 2 aliphatic rings. The number of hydrogen-bond donors (Lipinski definition) is 1. The van der Waals surface area contributed by atoms with Crippen LogP contribution in [0.3, 0.4) is 0 Å². The van der Waals surface area contributed by atoms with Gasteiger partial charge in [-0.3, -0.25) is 4.79 Å². The zero-order chi connectivity index (χ0) is 21.6. The second kappa shape index (κ2) is 7.68. The summed E-state index contributed by atoms with van der Waals surface area (Å²) < 4.78 is 1.89. The van der Waals surface area contributed by atoms with Crippen LogP contribution >= 0.6 is 11.8 Å². The molecule has 1 aromatic heterocycles. The summed E-state index contributed by atoms with van der Waals surface area (Å²) in [6.45, 7) is 6.40. The molecule has 0 spiro atoms. The Hall–Kier alpha value is -2.86. The minimum Gasteiger partial charge on any atom is -0.328 e. The molecular weight excluding hydrogens is 404 g/mol. The number of allylic oxidation sites excluding steroid dienone is 2. The van der Waals surface area contributed by atoms with Gasteiger partial charge in [0.15, 0.2) is 5.78 Å². The first kappa shape index (κ1) is 20.1. The molecule has 2 aromatic carbocycles. The van der Waals surface area contributed by atoms with Gasteiger partial charge in [0.05, 0.1) is 0 Å². The normalized spacial score (nSPS) is 19.6. The van der Waals surface area contributed by atoms with Crippen LogP contribution < -0.4 is 5.32 Å². The molecule has 1 aliphatic carbocycles. The van der Waals surface area contributed by atoms with Crippen molar-refractivity contribution in [1.82, 2.24) is 14.8 Å². The number of fused-ring (bicyclic) bond motifs is 1. The maximum atomic E-state index is 13.2. The number of anilines is 1. The molecule has 0 fully saturated rings. The average Bonchev–Trinajstić information content (AvgIpc) is 3.13. The minimum absolute atomic E-state index is 0.0604. The molecule has 5 nitrogen and oxygen atoms in total. The van der Waals surface area contributed by atoms with Crippen molar-refractivity contribution in [2.24, 2.45) is 5.41 Å². The average molecular weight is 431 g/mol. The minimum atomic E-state index is -0.239. The molecule has 0 radical (unpaired) electrons. The molecule has 1 aliphatic heterocycles. The molecule has 0 amide bonds. The van der Waals surface area contributed by atoms with Crippen molar-refractivity contribution in [3.05, 3.63) is 82.6 Å². The summed E-state index contributed by atoms with van der Waals surface area (Å²) in [5, 5.41) is 8.99. The first-order chi connectivity index (χ1) is 14.9. The molecule has 3 aromatic rings. The van der Waals surface area contributed by atoms with Crippen LogP contribution in [0.2, 0.25) is 0 Å². The number of benzene rings is 2.